The van der Waals surface area contributed by atoms with Crippen LogP contribution in [0.25, 0.3) is 0 Å². The number of likely N-dealkylation sites (tertiary alicyclic amines) is 1. The smallest absolute Gasteiger partial charge is 0.197 e. The van der Waals surface area contributed by atoms with Gasteiger partial charge < -0.3 is 15.2 Å². The first kappa shape index (κ1) is 16.4. The number of rotatable bonds is 4. The van der Waals surface area contributed by atoms with Crippen LogP contribution in [0.2, 0.25) is 0 Å². The van der Waals surface area contributed by atoms with E-state index in [0.717, 1.165) is 31.5 Å². The van der Waals surface area contributed by atoms with E-state index in [1.807, 2.05) is 12.1 Å². The second-order valence-corrected chi connectivity index (χ2v) is 6.82. The molecule has 2 N–H and O–H groups in total. The van der Waals surface area contributed by atoms with Crippen LogP contribution in [0.4, 0.5) is 4.39 Å². The van der Waals surface area contributed by atoms with Gasteiger partial charge in [-0.1, -0.05) is 30.3 Å². The van der Waals surface area contributed by atoms with E-state index in [-0.39, 0.29) is 23.9 Å². The molecule has 0 spiro atoms. The van der Waals surface area contributed by atoms with Crippen molar-refractivity contribution >= 4 is 0 Å². The first-order valence-electron chi connectivity index (χ1n) is 8.74. The highest BCUT2D eigenvalue weighted by Crippen LogP contribution is 2.42. The van der Waals surface area contributed by atoms with E-state index in [9.17, 15) is 4.39 Å². The van der Waals surface area contributed by atoms with Crippen molar-refractivity contribution in [1.82, 2.24) is 4.90 Å². The number of nitrogens with two attached hydrogens (primary N) is 1. The van der Waals surface area contributed by atoms with Crippen LogP contribution in [-0.4, -0.2) is 37.2 Å². The average molecular weight is 342 g/mol. The lowest BCUT2D eigenvalue weighted by Gasteiger charge is -2.30. The molecule has 3 unspecified atom stereocenters. The second-order valence-electron chi connectivity index (χ2n) is 6.82. The van der Waals surface area contributed by atoms with Gasteiger partial charge in [-0.3, -0.25) is 4.90 Å². The maximum Gasteiger partial charge on any atom is 0.197 e. The van der Waals surface area contributed by atoms with Gasteiger partial charge in [-0.05, 0) is 36.1 Å². The van der Waals surface area contributed by atoms with Gasteiger partial charge in [-0.15, -0.1) is 0 Å². The number of halogens is 1. The summed E-state index contributed by atoms with van der Waals surface area (Å²) in [4.78, 5) is 2.38. The monoisotopic (exact) mass is 342 g/mol. The summed E-state index contributed by atoms with van der Waals surface area (Å²) in [6.45, 7) is 1.81. The van der Waals surface area contributed by atoms with Crippen molar-refractivity contribution in [3.8, 4) is 11.5 Å². The quantitative estimate of drug-likeness (QED) is 0.928. The molecule has 0 saturated carbocycles. The van der Waals surface area contributed by atoms with Gasteiger partial charge in [0.1, 0.15) is 6.10 Å². The van der Waals surface area contributed by atoms with E-state index in [1.165, 1.54) is 18.7 Å². The molecule has 0 aromatic heterocycles. The lowest BCUT2D eigenvalue weighted by atomic mass is 10.1. The van der Waals surface area contributed by atoms with Crippen LogP contribution in [0.3, 0.4) is 0 Å². The normalized spacial score (nSPS) is 25.8. The number of benzene rings is 2. The first-order chi connectivity index (χ1) is 12.2. The molecule has 1 fully saturated rings. The van der Waals surface area contributed by atoms with Crippen LogP contribution >= 0.6 is 0 Å². The summed E-state index contributed by atoms with van der Waals surface area (Å²) in [6, 6.07) is 13.4. The Morgan fingerprint density at radius 2 is 2.00 bits per heavy atom. The van der Waals surface area contributed by atoms with E-state index >= 15 is 0 Å². The molecule has 1 heterocycles. The number of hydrogen-bond acceptors (Lipinski definition) is 4. The lowest BCUT2D eigenvalue weighted by Crippen LogP contribution is -2.40. The predicted molar refractivity (Wildman–Crippen MR) is 94.4 cm³/mol. The highest BCUT2D eigenvalue weighted by atomic mass is 19.1. The van der Waals surface area contributed by atoms with Crippen molar-refractivity contribution in [2.24, 2.45) is 5.73 Å². The predicted octanol–water partition coefficient (Wildman–Crippen LogP) is 2.91. The molecule has 4 rings (SSSR count). The third-order valence-electron chi connectivity index (χ3n) is 5.26. The minimum atomic E-state index is -0.402. The van der Waals surface area contributed by atoms with Crippen LogP contribution in [-0.2, 0) is 6.42 Å². The Balaban J connectivity index is 1.69. The Hall–Kier alpha value is -2.11. The Labute approximate surface area is 147 Å². The molecule has 1 aliphatic heterocycles. The molecule has 1 aliphatic carbocycles. The summed E-state index contributed by atoms with van der Waals surface area (Å²) in [5.41, 5.74) is 8.48. The van der Waals surface area contributed by atoms with Gasteiger partial charge in [-0.2, -0.15) is 0 Å². The standard InChI is InChI=1S/C20H23FN2O2/c1-24-18-8-4-7-16(21)20(18)25-19-15-6-3-2-5-13(15)11-17(19)23-10-9-14(22)12-23/h2-8,14,17,19H,9-12,22H2,1H3. The molecule has 3 atom stereocenters. The van der Waals surface area contributed by atoms with Crippen molar-refractivity contribution in [3.63, 3.8) is 0 Å². The van der Waals surface area contributed by atoms with Crippen molar-refractivity contribution < 1.29 is 13.9 Å². The van der Waals surface area contributed by atoms with Crippen molar-refractivity contribution in [2.75, 3.05) is 20.2 Å². The largest absolute Gasteiger partial charge is 0.493 e. The Bertz CT molecular complexity index is 767. The third-order valence-corrected chi connectivity index (χ3v) is 5.26. The van der Waals surface area contributed by atoms with Crippen molar-refractivity contribution in [3.05, 3.63) is 59.4 Å². The summed E-state index contributed by atoms with van der Waals surface area (Å²) in [6.07, 6.45) is 1.65. The molecular weight excluding hydrogens is 319 g/mol. The molecule has 4 nitrogen and oxygen atoms in total. The Morgan fingerprint density at radius 1 is 1.16 bits per heavy atom. The zero-order valence-electron chi connectivity index (χ0n) is 14.3. The average Bonchev–Trinajstić information content (AvgIpc) is 3.20. The van der Waals surface area contributed by atoms with Gasteiger partial charge in [0, 0.05) is 19.1 Å². The lowest BCUT2D eigenvalue weighted by molar-refractivity contribution is 0.0870. The third kappa shape index (κ3) is 2.98. The topological polar surface area (TPSA) is 47.7 Å². The Morgan fingerprint density at radius 3 is 2.76 bits per heavy atom. The number of para-hydroxylation sites is 1. The molecule has 0 bridgehead atoms. The van der Waals surface area contributed by atoms with Gasteiger partial charge in [0.25, 0.3) is 0 Å². The van der Waals surface area contributed by atoms with Gasteiger partial charge in [0.15, 0.2) is 17.3 Å². The van der Waals surface area contributed by atoms with Gasteiger partial charge in [0.05, 0.1) is 13.2 Å². The molecule has 132 valence electrons. The highest BCUT2D eigenvalue weighted by Gasteiger charge is 2.40. The number of nitrogens with zero attached hydrogens (tertiary/aromatic N) is 1. The molecule has 2 aromatic carbocycles. The highest BCUT2D eigenvalue weighted by molar-refractivity contribution is 5.43. The first-order valence-corrected chi connectivity index (χ1v) is 8.74. The van der Waals surface area contributed by atoms with E-state index in [4.69, 9.17) is 15.2 Å². The zero-order valence-corrected chi connectivity index (χ0v) is 14.3. The fourth-order valence-corrected chi connectivity index (χ4v) is 4.01. The fraction of sp³-hybridized carbons (Fsp3) is 0.400. The molecule has 5 heteroatoms. The summed E-state index contributed by atoms with van der Waals surface area (Å²) in [5, 5.41) is 0. The van der Waals surface area contributed by atoms with Gasteiger partial charge in [-0.25, -0.2) is 4.39 Å². The molecular formula is C20H23FN2O2. The molecule has 0 radical (unpaired) electrons. The summed E-state index contributed by atoms with van der Waals surface area (Å²) in [5.74, 6) is 0.196. The van der Waals surface area contributed by atoms with Gasteiger partial charge in [0.2, 0.25) is 0 Å². The van der Waals surface area contributed by atoms with E-state index in [1.54, 1.807) is 12.1 Å². The minimum absolute atomic E-state index is 0.162. The van der Waals surface area contributed by atoms with Crippen LogP contribution in [0, 0.1) is 5.82 Å². The summed E-state index contributed by atoms with van der Waals surface area (Å²) in [7, 11) is 1.53. The van der Waals surface area contributed by atoms with E-state index in [2.05, 4.69) is 17.0 Å². The molecule has 1 saturated heterocycles. The van der Waals surface area contributed by atoms with Crippen LogP contribution in [0.5, 0.6) is 11.5 Å². The molecule has 2 aromatic rings. The van der Waals surface area contributed by atoms with E-state index < -0.39 is 5.82 Å². The maximum atomic E-state index is 14.4. The summed E-state index contributed by atoms with van der Waals surface area (Å²) < 4.78 is 25.9. The summed E-state index contributed by atoms with van der Waals surface area (Å²) >= 11 is 0. The van der Waals surface area contributed by atoms with Crippen LogP contribution < -0.4 is 15.2 Å². The molecule has 25 heavy (non-hydrogen) atoms. The minimum Gasteiger partial charge on any atom is -0.493 e. The number of hydrogen-bond donors (Lipinski definition) is 1. The maximum absolute atomic E-state index is 14.4. The van der Waals surface area contributed by atoms with Crippen molar-refractivity contribution in [1.29, 1.82) is 0 Å². The Kier molecular flexibility index (Phi) is 4.36. The fourth-order valence-electron chi connectivity index (χ4n) is 4.01. The van der Waals surface area contributed by atoms with Crippen molar-refractivity contribution in [2.45, 2.75) is 31.0 Å². The SMILES string of the molecule is COc1cccc(F)c1OC1c2ccccc2CC1N1CCC(N)C1. The number of ether oxygens (including phenoxy) is 2. The second kappa shape index (κ2) is 6.65. The van der Waals surface area contributed by atoms with Gasteiger partial charge >= 0.3 is 0 Å². The molecule has 0 amide bonds. The van der Waals surface area contributed by atoms with E-state index in [0.29, 0.717) is 5.75 Å². The number of methoxy groups -OCH3 is 1. The zero-order chi connectivity index (χ0) is 17.4. The van der Waals surface area contributed by atoms with Crippen LogP contribution in [0.1, 0.15) is 23.7 Å². The molecule has 2 aliphatic rings. The number of fused-ring (bicyclic) bond motifs is 1. The van der Waals surface area contributed by atoms with Crippen LogP contribution in [0.15, 0.2) is 42.5 Å².